The van der Waals surface area contributed by atoms with Crippen molar-refractivity contribution in [2.45, 2.75) is 5.66 Å². The quantitative estimate of drug-likeness (QED) is 0.440. The molecule has 0 aromatic carbocycles. The Hall–Kier alpha value is -1.46. The molecule has 2 rings (SSSR count). The molecule has 0 aromatic heterocycles. The lowest BCUT2D eigenvalue weighted by molar-refractivity contribution is 0.202. The fraction of sp³-hybridized carbons (Fsp3) is 0.600. The zero-order valence-electron chi connectivity index (χ0n) is 5.78. The van der Waals surface area contributed by atoms with Crippen molar-refractivity contribution in [2.24, 2.45) is 21.5 Å². The minimum absolute atomic E-state index is 0.145. The van der Waals surface area contributed by atoms with Gasteiger partial charge in [-0.3, -0.25) is 0 Å². The summed E-state index contributed by atoms with van der Waals surface area (Å²) in [6.07, 6.45) is 0. The van der Waals surface area contributed by atoms with Crippen LogP contribution in [0.5, 0.6) is 0 Å². The van der Waals surface area contributed by atoms with Crippen molar-refractivity contribution in [3.05, 3.63) is 0 Å². The van der Waals surface area contributed by atoms with E-state index in [9.17, 15) is 0 Å². The predicted molar refractivity (Wildman–Crippen MR) is 37.9 cm³/mol. The molecule has 60 valence electrons. The molecule has 0 bridgehead atoms. The minimum Gasteiger partial charge on any atom is -0.461 e. The third kappa shape index (κ3) is 0.866. The maximum atomic E-state index is 5.30. The van der Waals surface area contributed by atoms with Crippen molar-refractivity contribution in [1.82, 2.24) is 0 Å². The van der Waals surface area contributed by atoms with Gasteiger partial charge < -0.3 is 20.9 Å². The van der Waals surface area contributed by atoms with E-state index >= 15 is 0 Å². The molecule has 0 atom stereocenters. The standard InChI is InChI=1S/C5H8N4O2/c6-3-8-5(1-10-3)2-11-4(7)9-5/h1-2H2,(H2,6,8)(H2,7,9). The first-order chi connectivity index (χ1) is 5.20. The van der Waals surface area contributed by atoms with Gasteiger partial charge in [0.15, 0.2) is 0 Å². The van der Waals surface area contributed by atoms with E-state index in [1.54, 1.807) is 0 Å². The number of rotatable bonds is 0. The van der Waals surface area contributed by atoms with Crippen LogP contribution in [0.4, 0.5) is 0 Å². The van der Waals surface area contributed by atoms with E-state index in [1.165, 1.54) is 0 Å². The molecule has 2 heterocycles. The second kappa shape index (κ2) is 1.77. The van der Waals surface area contributed by atoms with Gasteiger partial charge in [-0.1, -0.05) is 0 Å². The number of hydrogen-bond donors (Lipinski definition) is 2. The van der Waals surface area contributed by atoms with Gasteiger partial charge in [0.1, 0.15) is 13.2 Å². The van der Waals surface area contributed by atoms with E-state index in [0.29, 0.717) is 13.2 Å². The lowest BCUT2D eigenvalue weighted by atomic mass is 10.2. The fourth-order valence-electron chi connectivity index (χ4n) is 1.05. The Morgan fingerprint density at radius 3 is 1.82 bits per heavy atom. The van der Waals surface area contributed by atoms with Gasteiger partial charge in [-0.15, -0.1) is 0 Å². The molecule has 4 N–H and O–H groups in total. The zero-order chi connectivity index (χ0) is 7.90. The first-order valence-corrected chi connectivity index (χ1v) is 3.16. The molecule has 0 unspecified atom stereocenters. The molecule has 2 aliphatic heterocycles. The zero-order valence-corrected chi connectivity index (χ0v) is 5.78. The number of ether oxygens (including phenoxy) is 2. The molecular formula is C5H8N4O2. The average molecular weight is 156 g/mol. The molecule has 0 fully saturated rings. The molecule has 11 heavy (non-hydrogen) atoms. The molecule has 0 saturated carbocycles. The summed E-state index contributed by atoms with van der Waals surface area (Å²) in [6, 6.07) is 0.291. The van der Waals surface area contributed by atoms with Gasteiger partial charge in [0.2, 0.25) is 5.66 Å². The monoisotopic (exact) mass is 156 g/mol. The molecule has 0 radical (unpaired) electrons. The highest BCUT2D eigenvalue weighted by Gasteiger charge is 2.41. The van der Waals surface area contributed by atoms with Crippen LogP contribution < -0.4 is 11.5 Å². The number of nitrogens with zero attached hydrogens (tertiary/aromatic N) is 2. The largest absolute Gasteiger partial charge is 0.461 e. The number of amidine groups is 2. The lowest BCUT2D eigenvalue weighted by Gasteiger charge is -2.08. The Kier molecular flexibility index (Phi) is 1.01. The van der Waals surface area contributed by atoms with Crippen molar-refractivity contribution in [1.29, 1.82) is 0 Å². The van der Waals surface area contributed by atoms with Crippen molar-refractivity contribution in [3.63, 3.8) is 0 Å². The number of hydrogen-bond acceptors (Lipinski definition) is 6. The van der Waals surface area contributed by atoms with Crippen LogP contribution in [0.15, 0.2) is 9.98 Å². The van der Waals surface area contributed by atoms with Crippen molar-refractivity contribution < 1.29 is 9.47 Å². The number of nitrogens with two attached hydrogens (primary N) is 2. The first kappa shape index (κ1) is 6.26. The smallest absolute Gasteiger partial charge is 0.284 e. The molecule has 0 aliphatic carbocycles. The van der Waals surface area contributed by atoms with Crippen molar-refractivity contribution >= 4 is 12.0 Å². The average Bonchev–Trinajstić information content (AvgIpc) is 2.44. The molecule has 6 nitrogen and oxygen atoms in total. The van der Waals surface area contributed by atoms with E-state index < -0.39 is 5.66 Å². The summed E-state index contributed by atoms with van der Waals surface area (Å²) in [4.78, 5) is 7.90. The molecule has 0 amide bonds. The van der Waals surface area contributed by atoms with Crippen molar-refractivity contribution in [3.8, 4) is 0 Å². The summed E-state index contributed by atoms with van der Waals surface area (Å²) in [5.41, 5.74) is 9.91. The van der Waals surface area contributed by atoms with Crippen LogP contribution in [0, 0.1) is 0 Å². The SMILES string of the molecule is NC1=NC2(CO1)COC(N)=N2. The summed E-state index contributed by atoms with van der Waals surface area (Å²) in [5, 5.41) is 0. The highest BCUT2D eigenvalue weighted by atomic mass is 16.5. The van der Waals surface area contributed by atoms with Crippen LogP contribution in [0.1, 0.15) is 0 Å². The van der Waals surface area contributed by atoms with Gasteiger partial charge in [-0.25, -0.2) is 0 Å². The third-order valence-electron chi connectivity index (χ3n) is 1.54. The second-order valence-electron chi connectivity index (χ2n) is 2.46. The normalized spacial score (nSPS) is 25.8. The van der Waals surface area contributed by atoms with Crippen LogP contribution in [-0.2, 0) is 9.47 Å². The van der Waals surface area contributed by atoms with Crippen molar-refractivity contribution in [2.75, 3.05) is 13.2 Å². The summed E-state index contributed by atoms with van der Waals surface area (Å²) < 4.78 is 9.85. The fourth-order valence-corrected chi connectivity index (χ4v) is 1.05. The molecule has 2 aliphatic rings. The summed E-state index contributed by atoms with van der Waals surface area (Å²) >= 11 is 0. The summed E-state index contributed by atoms with van der Waals surface area (Å²) in [5.74, 6) is 0. The van der Waals surface area contributed by atoms with Crippen LogP contribution in [0.3, 0.4) is 0 Å². The Bertz CT molecular complexity index is 221. The van der Waals surface area contributed by atoms with E-state index in [1.807, 2.05) is 0 Å². The highest BCUT2D eigenvalue weighted by Crippen LogP contribution is 2.23. The van der Waals surface area contributed by atoms with Crippen LogP contribution in [0.25, 0.3) is 0 Å². The molecule has 6 heteroatoms. The summed E-state index contributed by atoms with van der Waals surface area (Å²) in [6.45, 7) is 0.638. The van der Waals surface area contributed by atoms with Gasteiger partial charge in [0.25, 0.3) is 12.0 Å². The Morgan fingerprint density at radius 2 is 1.55 bits per heavy atom. The van der Waals surface area contributed by atoms with Gasteiger partial charge in [-0.2, -0.15) is 9.98 Å². The lowest BCUT2D eigenvalue weighted by Crippen LogP contribution is -2.26. The van der Waals surface area contributed by atoms with E-state index in [0.717, 1.165) is 0 Å². The predicted octanol–water partition coefficient (Wildman–Crippen LogP) is -1.63. The summed E-state index contributed by atoms with van der Waals surface area (Å²) in [7, 11) is 0. The van der Waals surface area contributed by atoms with E-state index in [4.69, 9.17) is 20.9 Å². The van der Waals surface area contributed by atoms with Gasteiger partial charge >= 0.3 is 0 Å². The van der Waals surface area contributed by atoms with Gasteiger partial charge in [-0.05, 0) is 0 Å². The Morgan fingerprint density at radius 1 is 1.09 bits per heavy atom. The Balaban J connectivity index is 2.26. The maximum Gasteiger partial charge on any atom is 0.284 e. The Labute approximate surface area is 62.9 Å². The van der Waals surface area contributed by atoms with E-state index in [2.05, 4.69) is 9.98 Å². The molecule has 0 saturated heterocycles. The van der Waals surface area contributed by atoms with Gasteiger partial charge in [0, 0.05) is 0 Å². The molecule has 1 spiro atoms. The third-order valence-corrected chi connectivity index (χ3v) is 1.54. The molecular weight excluding hydrogens is 148 g/mol. The van der Waals surface area contributed by atoms with Crippen LogP contribution in [0.2, 0.25) is 0 Å². The highest BCUT2D eigenvalue weighted by molar-refractivity contribution is 5.77. The van der Waals surface area contributed by atoms with E-state index in [-0.39, 0.29) is 12.0 Å². The van der Waals surface area contributed by atoms with Crippen LogP contribution >= 0.6 is 0 Å². The van der Waals surface area contributed by atoms with Crippen LogP contribution in [-0.4, -0.2) is 30.9 Å². The maximum absolute atomic E-state index is 5.30. The number of aliphatic imine (C=N–C) groups is 2. The topological polar surface area (TPSA) is 95.2 Å². The van der Waals surface area contributed by atoms with Gasteiger partial charge in [0.05, 0.1) is 0 Å². The second-order valence-corrected chi connectivity index (χ2v) is 2.46. The minimum atomic E-state index is -0.686. The first-order valence-electron chi connectivity index (χ1n) is 3.16. The molecule has 0 aromatic rings.